The third kappa shape index (κ3) is 1.69. The minimum absolute atomic E-state index is 0.120. The topological polar surface area (TPSA) is 26.3 Å². The van der Waals surface area contributed by atoms with Crippen molar-refractivity contribution < 1.29 is 9.53 Å². The monoisotopic (exact) mass is 240 g/mol. The second-order valence-electron chi connectivity index (χ2n) is 5.06. The lowest BCUT2D eigenvalue weighted by Gasteiger charge is -2.06. The van der Waals surface area contributed by atoms with Crippen molar-refractivity contribution >= 4 is 11.4 Å². The van der Waals surface area contributed by atoms with Gasteiger partial charge in [0.25, 0.3) is 0 Å². The number of hydrogen-bond donors (Lipinski definition) is 0. The summed E-state index contributed by atoms with van der Waals surface area (Å²) >= 11 is 0. The zero-order valence-corrected chi connectivity index (χ0v) is 10.5. The molecule has 2 aliphatic carbocycles. The molecule has 1 unspecified atom stereocenters. The van der Waals surface area contributed by atoms with Crippen molar-refractivity contribution in [2.24, 2.45) is 5.92 Å². The highest BCUT2D eigenvalue weighted by atomic mass is 16.5. The van der Waals surface area contributed by atoms with Gasteiger partial charge in [-0.3, -0.25) is 4.79 Å². The van der Waals surface area contributed by atoms with Crippen LogP contribution in [-0.4, -0.2) is 12.9 Å². The van der Waals surface area contributed by atoms with Crippen LogP contribution in [0, 0.1) is 5.92 Å². The molecule has 3 rings (SSSR count). The highest BCUT2D eigenvalue weighted by molar-refractivity contribution is 6.01. The van der Waals surface area contributed by atoms with Crippen LogP contribution in [0.2, 0.25) is 0 Å². The molecule has 0 saturated heterocycles. The van der Waals surface area contributed by atoms with Gasteiger partial charge < -0.3 is 4.74 Å². The Morgan fingerprint density at radius 1 is 1.22 bits per heavy atom. The normalized spacial score (nSPS) is 22.6. The van der Waals surface area contributed by atoms with E-state index in [4.69, 9.17) is 4.74 Å². The fraction of sp³-hybridized carbons (Fsp3) is 0.312. The Morgan fingerprint density at radius 2 is 1.94 bits per heavy atom. The van der Waals surface area contributed by atoms with Crippen LogP contribution in [0.25, 0.3) is 5.57 Å². The van der Waals surface area contributed by atoms with E-state index in [0.29, 0.717) is 12.2 Å². The fourth-order valence-electron chi connectivity index (χ4n) is 2.99. The zero-order chi connectivity index (χ0) is 12.7. The van der Waals surface area contributed by atoms with Crippen LogP contribution in [0.1, 0.15) is 24.8 Å². The Hall–Kier alpha value is -1.83. The first kappa shape index (κ1) is 11.3. The summed E-state index contributed by atoms with van der Waals surface area (Å²) in [7, 11) is 1.66. The molecule has 1 atom stereocenters. The van der Waals surface area contributed by atoms with Crippen molar-refractivity contribution in [2.45, 2.75) is 19.3 Å². The largest absolute Gasteiger partial charge is 0.497 e. The molecule has 0 radical (unpaired) electrons. The van der Waals surface area contributed by atoms with Crippen LogP contribution in [0.4, 0.5) is 0 Å². The van der Waals surface area contributed by atoms with Crippen LogP contribution in [-0.2, 0) is 4.79 Å². The third-order valence-electron chi connectivity index (χ3n) is 3.92. The van der Waals surface area contributed by atoms with Gasteiger partial charge >= 0.3 is 0 Å². The summed E-state index contributed by atoms with van der Waals surface area (Å²) in [5, 5.41) is 0. The number of ether oxygens (including phenoxy) is 1. The Morgan fingerprint density at radius 3 is 2.61 bits per heavy atom. The van der Waals surface area contributed by atoms with E-state index in [1.165, 1.54) is 16.7 Å². The molecule has 0 aliphatic heterocycles. The highest BCUT2D eigenvalue weighted by Gasteiger charge is 2.37. The number of Topliss-reactive ketones (excluding diaryl/α,β-unsaturated/α-hetero) is 1. The standard InChI is InChI=1S/C16H16O2/c1-10-7-14-13(9-16(17)15(14)8-10)11-3-5-12(18-2)6-4-11/h3-6,15H,1,7-9H2,2H3. The molecule has 1 fully saturated rings. The molecule has 0 bridgehead atoms. The van der Waals surface area contributed by atoms with Gasteiger partial charge in [-0.2, -0.15) is 0 Å². The molecule has 1 aromatic carbocycles. The number of ketones is 1. The summed E-state index contributed by atoms with van der Waals surface area (Å²) < 4.78 is 5.16. The van der Waals surface area contributed by atoms with E-state index in [1.54, 1.807) is 7.11 Å². The predicted octanol–water partition coefficient (Wildman–Crippen LogP) is 3.39. The number of carbonyl (C=O) groups is 1. The predicted molar refractivity (Wildman–Crippen MR) is 71.4 cm³/mol. The van der Waals surface area contributed by atoms with Crippen molar-refractivity contribution in [3.05, 3.63) is 47.6 Å². The second kappa shape index (κ2) is 4.13. The molecule has 2 aliphatic rings. The Balaban J connectivity index is 2.00. The zero-order valence-electron chi connectivity index (χ0n) is 10.5. The van der Waals surface area contributed by atoms with Gasteiger partial charge in [0.05, 0.1) is 7.11 Å². The van der Waals surface area contributed by atoms with Gasteiger partial charge in [0.1, 0.15) is 11.5 Å². The van der Waals surface area contributed by atoms with E-state index in [-0.39, 0.29) is 5.92 Å². The average molecular weight is 240 g/mol. The summed E-state index contributed by atoms with van der Waals surface area (Å²) in [6.07, 6.45) is 2.34. The lowest BCUT2D eigenvalue weighted by Crippen LogP contribution is -2.04. The number of carbonyl (C=O) groups excluding carboxylic acids is 1. The van der Waals surface area contributed by atoms with Crippen molar-refractivity contribution in [3.8, 4) is 5.75 Å². The second-order valence-corrected chi connectivity index (χ2v) is 5.06. The Labute approximate surface area is 107 Å². The van der Waals surface area contributed by atoms with E-state index in [2.05, 4.69) is 6.58 Å². The third-order valence-corrected chi connectivity index (χ3v) is 3.92. The SMILES string of the molecule is C=C1CC2=C(c3ccc(OC)cc3)CC(=O)C2C1. The van der Waals surface area contributed by atoms with E-state index in [1.807, 2.05) is 24.3 Å². The smallest absolute Gasteiger partial charge is 0.144 e. The maximum absolute atomic E-state index is 12.0. The van der Waals surface area contributed by atoms with Gasteiger partial charge in [-0.15, -0.1) is 0 Å². The first-order valence-electron chi connectivity index (χ1n) is 6.24. The number of benzene rings is 1. The molecule has 2 nitrogen and oxygen atoms in total. The molecule has 1 saturated carbocycles. The molecular formula is C16H16O2. The van der Waals surface area contributed by atoms with Gasteiger partial charge in [0.15, 0.2) is 0 Å². The van der Waals surface area contributed by atoms with E-state index in [9.17, 15) is 4.79 Å². The van der Waals surface area contributed by atoms with Gasteiger partial charge in [-0.05, 0) is 36.1 Å². The molecule has 92 valence electrons. The molecule has 0 N–H and O–H groups in total. The van der Waals surface area contributed by atoms with Crippen molar-refractivity contribution in [3.63, 3.8) is 0 Å². The molecule has 0 heterocycles. The number of hydrogen-bond acceptors (Lipinski definition) is 2. The van der Waals surface area contributed by atoms with Crippen molar-refractivity contribution in [2.75, 3.05) is 7.11 Å². The minimum atomic E-state index is 0.120. The lowest BCUT2D eigenvalue weighted by molar-refractivity contribution is -0.119. The van der Waals surface area contributed by atoms with E-state index in [0.717, 1.165) is 24.2 Å². The number of allylic oxidation sites excluding steroid dienone is 3. The lowest BCUT2D eigenvalue weighted by atomic mass is 10.0. The van der Waals surface area contributed by atoms with Crippen molar-refractivity contribution in [1.29, 1.82) is 0 Å². The van der Waals surface area contributed by atoms with Crippen LogP contribution in [0.3, 0.4) is 0 Å². The maximum Gasteiger partial charge on any atom is 0.144 e. The summed E-state index contributed by atoms with van der Waals surface area (Å²) in [6, 6.07) is 7.98. The van der Waals surface area contributed by atoms with Crippen molar-refractivity contribution in [1.82, 2.24) is 0 Å². The van der Waals surface area contributed by atoms with Gasteiger partial charge in [0.2, 0.25) is 0 Å². The highest BCUT2D eigenvalue weighted by Crippen LogP contribution is 2.46. The summed E-state index contributed by atoms with van der Waals surface area (Å²) in [6.45, 7) is 4.02. The molecule has 0 spiro atoms. The molecule has 0 amide bonds. The van der Waals surface area contributed by atoms with Crippen LogP contribution < -0.4 is 4.74 Å². The maximum atomic E-state index is 12.0. The number of rotatable bonds is 2. The Kier molecular flexibility index (Phi) is 2.58. The van der Waals surface area contributed by atoms with Gasteiger partial charge in [0, 0.05) is 12.3 Å². The Bertz CT molecular complexity index is 549. The molecule has 2 heteroatoms. The van der Waals surface area contributed by atoms with Gasteiger partial charge in [-0.1, -0.05) is 29.9 Å². The van der Waals surface area contributed by atoms with E-state index < -0.39 is 0 Å². The summed E-state index contributed by atoms with van der Waals surface area (Å²) in [4.78, 5) is 12.0. The average Bonchev–Trinajstić information content (AvgIpc) is 2.89. The first-order valence-corrected chi connectivity index (χ1v) is 6.24. The van der Waals surface area contributed by atoms with Gasteiger partial charge in [-0.25, -0.2) is 0 Å². The molecular weight excluding hydrogens is 224 g/mol. The molecule has 1 aromatic rings. The molecule has 0 aromatic heterocycles. The van der Waals surface area contributed by atoms with E-state index >= 15 is 0 Å². The summed E-state index contributed by atoms with van der Waals surface area (Å²) in [5.74, 6) is 1.32. The molecule has 18 heavy (non-hydrogen) atoms. The first-order chi connectivity index (χ1) is 8.69. The quantitative estimate of drug-likeness (QED) is 0.741. The van der Waals surface area contributed by atoms with Crippen LogP contribution in [0.5, 0.6) is 5.75 Å². The fourth-order valence-corrected chi connectivity index (χ4v) is 2.99. The summed E-state index contributed by atoms with van der Waals surface area (Å²) in [5.41, 5.74) is 4.85. The van der Waals surface area contributed by atoms with Crippen LogP contribution in [0.15, 0.2) is 42.0 Å². The number of fused-ring (bicyclic) bond motifs is 1. The van der Waals surface area contributed by atoms with Crippen LogP contribution >= 0.6 is 0 Å². The minimum Gasteiger partial charge on any atom is -0.497 e. The number of methoxy groups -OCH3 is 1.